The second-order valence-electron chi connectivity index (χ2n) is 14.8. The van der Waals surface area contributed by atoms with Crippen molar-refractivity contribution in [3.63, 3.8) is 0 Å². The van der Waals surface area contributed by atoms with Crippen LogP contribution in [0, 0.1) is 0 Å². The van der Waals surface area contributed by atoms with E-state index in [0.29, 0.717) is 5.25 Å². The standard InChI is InChI=1S/C52H34N2OS2/c1-2-10-33(11-3-1)34-18-23-37(24-19-34)53(38-25-20-35(21-26-38)36-22-31-42-41-12-4-7-15-45(41)55-46(42)32-36)39-27-29-40(30-28-39)54-49-43-13-5-8-16-47(43)56-51(49)52-50(54)44-14-6-9-17-48(44)57-52/h1-32,49,51H. The molecule has 0 fully saturated rings. The van der Waals surface area contributed by atoms with Crippen molar-refractivity contribution < 1.29 is 4.42 Å². The van der Waals surface area contributed by atoms with E-state index in [9.17, 15) is 0 Å². The minimum atomic E-state index is 0.260. The van der Waals surface area contributed by atoms with Crippen molar-refractivity contribution in [2.75, 3.05) is 9.80 Å². The summed E-state index contributed by atoms with van der Waals surface area (Å²) < 4.78 is 7.60. The Morgan fingerprint density at radius 2 is 1.05 bits per heavy atom. The molecule has 4 heterocycles. The molecule has 0 N–H and O–H groups in total. The Bertz CT molecular complexity index is 3110. The number of rotatable bonds is 6. The van der Waals surface area contributed by atoms with E-state index in [1.54, 1.807) is 0 Å². The van der Waals surface area contributed by atoms with Crippen LogP contribution in [-0.4, -0.2) is 0 Å². The van der Waals surface area contributed by atoms with Crippen LogP contribution >= 0.6 is 23.1 Å². The fourth-order valence-corrected chi connectivity index (χ4v) is 11.8. The molecule has 5 heteroatoms. The summed E-state index contributed by atoms with van der Waals surface area (Å²) in [6, 6.07) is 70.6. The van der Waals surface area contributed by atoms with Crippen molar-refractivity contribution in [3.8, 4) is 22.3 Å². The Morgan fingerprint density at radius 1 is 0.474 bits per heavy atom. The van der Waals surface area contributed by atoms with Gasteiger partial charge in [0, 0.05) is 53.4 Å². The summed E-state index contributed by atoms with van der Waals surface area (Å²) in [4.78, 5) is 7.85. The molecule has 2 aliphatic rings. The van der Waals surface area contributed by atoms with Gasteiger partial charge in [0.2, 0.25) is 0 Å². The Hall–Kier alpha value is -6.53. The Balaban J connectivity index is 0.941. The second kappa shape index (κ2) is 13.0. The molecular formula is C52H34N2OS2. The molecule has 57 heavy (non-hydrogen) atoms. The van der Waals surface area contributed by atoms with Gasteiger partial charge in [-0.05, 0) is 107 Å². The molecule has 0 saturated heterocycles. The van der Waals surface area contributed by atoms with Gasteiger partial charge in [0.05, 0.1) is 17.0 Å². The highest BCUT2D eigenvalue weighted by atomic mass is 32.2. The van der Waals surface area contributed by atoms with Gasteiger partial charge in [-0.25, -0.2) is 0 Å². The van der Waals surface area contributed by atoms with Gasteiger partial charge in [-0.1, -0.05) is 115 Å². The number of thioether (sulfide) groups is 1. The number of nitrogens with zero attached hydrogens (tertiary/aromatic N) is 2. The lowest BCUT2D eigenvalue weighted by Crippen LogP contribution is -2.19. The van der Waals surface area contributed by atoms with Crippen molar-refractivity contribution in [1.82, 2.24) is 0 Å². The van der Waals surface area contributed by atoms with Gasteiger partial charge in [-0.15, -0.1) is 23.1 Å². The third kappa shape index (κ3) is 5.27. The quantitative estimate of drug-likeness (QED) is 0.168. The van der Waals surface area contributed by atoms with Crippen LogP contribution in [0.3, 0.4) is 0 Å². The van der Waals surface area contributed by atoms with Crippen molar-refractivity contribution in [2.24, 2.45) is 0 Å². The summed E-state index contributed by atoms with van der Waals surface area (Å²) in [6.07, 6.45) is 0. The molecule has 8 aromatic carbocycles. The number of furan rings is 1. The fraction of sp³-hybridized carbons (Fsp3) is 0.0385. The molecule has 2 aromatic heterocycles. The molecule has 0 bridgehead atoms. The van der Waals surface area contributed by atoms with Crippen molar-refractivity contribution >= 4 is 83.6 Å². The minimum absolute atomic E-state index is 0.260. The normalized spacial score (nSPS) is 15.6. The molecule has 3 nitrogen and oxygen atoms in total. The molecule has 270 valence electrons. The summed E-state index contributed by atoms with van der Waals surface area (Å²) >= 11 is 3.98. The molecule has 2 atom stereocenters. The van der Waals surface area contributed by atoms with Crippen LogP contribution in [0.25, 0.3) is 54.3 Å². The molecule has 0 spiro atoms. The first-order valence-electron chi connectivity index (χ1n) is 19.4. The lowest BCUT2D eigenvalue weighted by molar-refractivity contribution is 0.669. The number of thiophene rings is 1. The van der Waals surface area contributed by atoms with E-state index < -0.39 is 0 Å². The molecule has 10 aromatic rings. The van der Waals surface area contributed by atoms with Crippen LogP contribution in [0.15, 0.2) is 203 Å². The van der Waals surface area contributed by atoms with Crippen molar-refractivity contribution in [3.05, 3.63) is 205 Å². The summed E-state index contributed by atoms with van der Waals surface area (Å²) in [5, 5.41) is 4.01. The van der Waals surface area contributed by atoms with E-state index in [0.717, 1.165) is 50.1 Å². The third-order valence-electron chi connectivity index (χ3n) is 11.6. The Labute approximate surface area is 339 Å². The van der Waals surface area contributed by atoms with Gasteiger partial charge in [0.25, 0.3) is 0 Å². The zero-order valence-electron chi connectivity index (χ0n) is 30.7. The predicted molar refractivity (Wildman–Crippen MR) is 241 cm³/mol. The van der Waals surface area contributed by atoms with E-state index in [1.165, 1.54) is 47.9 Å². The second-order valence-corrected chi connectivity index (χ2v) is 17.1. The number of benzene rings is 8. The van der Waals surface area contributed by atoms with Gasteiger partial charge >= 0.3 is 0 Å². The molecule has 0 radical (unpaired) electrons. The van der Waals surface area contributed by atoms with Crippen LogP contribution in [0.1, 0.15) is 21.7 Å². The summed E-state index contributed by atoms with van der Waals surface area (Å²) in [7, 11) is 0. The van der Waals surface area contributed by atoms with Gasteiger partial charge < -0.3 is 14.2 Å². The zero-order chi connectivity index (χ0) is 37.5. The van der Waals surface area contributed by atoms with Crippen molar-refractivity contribution in [2.45, 2.75) is 16.2 Å². The number of hydrogen-bond donors (Lipinski definition) is 0. The first-order chi connectivity index (χ1) is 28.2. The van der Waals surface area contributed by atoms with Crippen LogP contribution < -0.4 is 9.80 Å². The number of fused-ring (bicyclic) bond motifs is 10. The summed E-state index contributed by atoms with van der Waals surface area (Å²) in [6.45, 7) is 0. The Morgan fingerprint density at radius 3 is 1.82 bits per heavy atom. The van der Waals surface area contributed by atoms with Gasteiger partial charge in [-0.2, -0.15) is 0 Å². The van der Waals surface area contributed by atoms with E-state index >= 15 is 0 Å². The lowest BCUT2D eigenvalue weighted by atomic mass is 10.0. The fourth-order valence-electron chi connectivity index (χ4n) is 8.94. The monoisotopic (exact) mass is 766 g/mol. The molecule has 2 unspecified atom stereocenters. The number of para-hydroxylation sites is 1. The van der Waals surface area contributed by atoms with Gasteiger partial charge in [0.1, 0.15) is 11.2 Å². The first kappa shape index (κ1) is 32.7. The maximum atomic E-state index is 6.24. The molecule has 0 amide bonds. The molecular weight excluding hydrogens is 733 g/mol. The van der Waals surface area contributed by atoms with Crippen LogP contribution in [-0.2, 0) is 0 Å². The molecule has 12 rings (SSSR count). The zero-order valence-corrected chi connectivity index (χ0v) is 32.4. The molecule has 0 saturated carbocycles. The van der Waals surface area contributed by atoms with E-state index in [-0.39, 0.29) is 6.04 Å². The predicted octanol–water partition coefficient (Wildman–Crippen LogP) is 15.6. The average Bonchev–Trinajstić information content (AvgIpc) is 4.03. The maximum absolute atomic E-state index is 6.24. The van der Waals surface area contributed by atoms with Crippen LogP contribution in [0.4, 0.5) is 28.4 Å². The smallest absolute Gasteiger partial charge is 0.136 e. The maximum Gasteiger partial charge on any atom is 0.136 e. The highest BCUT2D eigenvalue weighted by molar-refractivity contribution is 8.00. The summed E-state index contributed by atoms with van der Waals surface area (Å²) in [5.74, 6) is 0. The van der Waals surface area contributed by atoms with Gasteiger partial charge in [0.15, 0.2) is 0 Å². The van der Waals surface area contributed by atoms with Crippen molar-refractivity contribution in [1.29, 1.82) is 0 Å². The van der Waals surface area contributed by atoms with Crippen LogP contribution in [0.5, 0.6) is 0 Å². The van der Waals surface area contributed by atoms with Gasteiger partial charge in [-0.3, -0.25) is 0 Å². The SMILES string of the molecule is c1ccc(-c2ccc(N(c3ccc(-c4ccc5c(c4)oc4ccccc45)cc3)c3ccc(N4c5c(sc6ccccc56)C5Sc6ccccc6C54)cc3)cc2)cc1. The van der Waals surface area contributed by atoms with Crippen LogP contribution in [0.2, 0.25) is 0 Å². The van der Waals surface area contributed by atoms with E-state index in [1.807, 2.05) is 35.2 Å². The largest absolute Gasteiger partial charge is 0.456 e. The number of hydrogen-bond acceptors (Lipinski definition) is 5. The summed E-state index contributed by atoms with van der Waals surface area (Å²) in [5.41, 5.74) is 13.8. The topological polar surface area (TPSA) is 19.6 Å². The highest BCUT2D eigenvalue weighted by Crippen LogP contribution is 2.67. The minimum Gasteiger partial charge on any atom is -0.456 e. The lowest BCUT2D eigenvalue weighted by Gasteiger charge is -2.30. The number of anilines is 5. The van der Waals surface area contributed by atoms with E-state index in [2.05, 4.69) is 192 Å². The first-order valence-corrected chi connectivity index (χ1v) is 21.1. The highest BCUT2D eigenvalue weighted by Gasteiger charge is 2.48. The Kier molecular flexibility index (Phi) is 7.47. The molecule has 2 aliphatic heterocycles. The van der Waals surface area contributed by atoms with E-state index in [4.69, 9.17) is 4.42 Å². The third-order valence-corrected chi connectivity index (χ3v) is 14.4. The average molecular weight is 767 g/mol. The molecule has 0 aliphatic carbocycles.